The average molecular weight is 599 g/mol. The van der Waals surface area contributed by atoms with Gasteiger partial charge >= 0.3 is 0 Å². The van der Waals surface area contributed by atoms with E-state index in [4.69, 9.17) is 14.2 Å². The zero-order valence-electron chi connectivity index (χ0n) is 27.2. The molecule has 0 radical (unpaired) electrons. The van der Waals surface area contributed by atoms with Crippen molar-refractivity contribution >= 4 is 0 Å². The van der Waals surface area contributed by atoms with Crippen LogP contribution >= 0.6 is 0 Å². The van der Waals surface area contributed by atoms with Gasteiger partial charge in [-0.2, -0.15) is 0 Å². The third-order valence-corrected chi connectivity index (χ3v) is 8.60. The number of unbranched alkanes of at least 4 members (excludes halogenated alkanes) is 10. The normalized spacial score (nSPS) is 19.0. The van der Waals surface area contributed by atoms with Gasteiger partial charge in [0.25, 0.3) is 0 Å². The Morgan fingerprint density at radius 2 is 1.16 bits per heavy atom. The number of hydrogen-bond donors (Lipinski definition) is 1. The first-order valence-corrected chi connectivity index (χ1v) is 17.0. The SMILES string of the molecule is CCCCCCCCCCCCC=C[C@H]1OC(C)(C)O[C@H]1[C@H](O)COC(c1ccccc1)(c1ccccc1)c1ccccc1. The van der Waals surface area contributed by atoms with Gasteiger partial charge in [0.05, 0.1) is 6.61 Å². The van der Waals surface area contributed by atoms with Crippen LogP contribution in [-0.2, 0) is 19.8 Å². The quantitative estimate of drug-likeness (QED) is 0.0848. The molecule has 4 nitrogen and oxygen atoms in total. The number of aliphatic hydroxyl groups is 1. The Bertz CT molecular complexity index is 1110. The van der Waals surface area contributed by atoms with Gasteiger partial charge in [-0.15, -0.1) is 0 Å². The summed E-state index contributed by atoms with van der Waals surface area (Å²) in [5.74, 6) is -0.785. The molecule has 1 aliphatic heterocycles. The van der Waals surface area contributed by atoms with Crippen LogP contribution in [0.25, 0.3) is 0 Å². The molecule has 3 atom stereocenters. The van der Waals surface area contributed by atoms with Gasteiger partial charge in [-0.1, -0.05) is 168 Å². The summed E-state index contributed by atoms with van der Waals surface area (Å²) in [6.45, 7) is 6.16. The van der Waals surface area contributed by atoms with Crippen molar-refractivity contribution in [1.29, 1.82) is 0 Å². The van der Waals surface area contributed by atoms with Crippen molar-refractivity contribution < 1.29 is 19.3 Å². The topological polar surface area (TPSA) is 47.9 Å². The predicted molar refractivity (Wildman–Crippen MR) is 181 cm³/mol. The number of allylic oxidation sites excluding steroid dienone is 1. The van der Waals surface area contributed by atoms with Crippen LogP contribution < -0.4 is 0 Å². The number of benzene rings is 3. The number of aliphatic hydroxyl groups excluding tert-OH is 1. The van der Waals surface area contributed by atoms with Crippen LogP contribution in [0.1, 0.15) is 108 Å². The van der Waals surface area contributed by atoms with Crippen LogP contribution in [0.4, 0.5) is 0 Å². The van der Waals surface area contributed by atoms with Crippen molar-refractivity contribution in [3.63, 3.8) is 0 Å². The van der Waals surface area contributed by atoms with E-state index in [0.717, 1.165) is 23.1 Å². The molecule has 0 unspecified atom stereocenters. The van der Waals surface area contributed by atoms with E-state index in [2.05, 4.69) is 55.5 Å². The molecule has 4 heteroatoms. The highest BCUT2D eigenvalue weighted by Gasteiger charge is 2.45. The Hall–Kier alpha value is -2.76. The second-order valence-corrected chi connectivity index (χ2v) is 12.6. The average Bonchev–Trinajstić information content (AvgIpc) is 3.37. The first-order chi connectivity index (χ1) is 21.5. The zero-order valence-corrected chi connectivity index (χ0v) is 27.2. The zero-order chi connectivity index (χ0) is 31.1. The lowest BCUT2D eigenvalue weighted by Crippen LogP contribution is -2.42. The molecule has 1 saturated heterocycles. The Labute approximate surface area is 266 Å². The van der Waals surface area contributed by atoms with Crippen LogP contribution in [0.5, 0.6) is 0 Å². The largest absolute Gasteiger partial charge is 0.388 e. The third kappa shape index (κ3) is 9.62. The molecule has 238 valence electrons. The van der Waals surface area contributed by atoms with Gasteiger partial charge in [0.2, 0.25) is 0 Å². The molecule has 0 aromatic heterocycles. The first-order valence-electron chi connectivity index (χ1n) is 17.0. The van der Waals surface area contributed by atoms with Gasteiger partial charge in [-0.05, 0) is 43.4 Å². The fourth-order valence-electron chi connectivity index (χ4n) is 6.32. The van der Waals surface area contributed by atoms with Crippen molar-refractivity contribution in [2.24, 2.45) is 0 Å². The third-order valence-electron chi connectivity index (χ3n) is 8.60. The van der Waals surface area contributed by atoms with Crippen LogP contribution in [-0.4, -0.2) is 35.8 Å². The number of rotatable bonds is 19. The number of ether oxygens (including phenoxy) is 3. The Morgan fingerprint density at radius 1 is 0.705 bits per heavy atom. The summed E-state index contributed by atoms with van der Waals surface area (Å²) in [5.41, 5.74) is 2.10. The second kappa shape index (κ2) is 17.7. The second-order valence-electron chi connectivity index (χ2n) is 12.6. The lowest BCUT2D eigenvalue weighted by atomic mass is 9.80. The van der Waals surface area contributed by atoms with E-state index in [1.165, 1.54) is 64.2 Å². The molecular formula is C40H54O4. The Balaban J connectivity index is 1.39. The highest BCUT2D eigenvalue weighted by atomic mass is 16.8. The monoisotopic (exact) mass is 598 g/mol. The highest BCUT2D eigenvalue weighted by molar-refractivity contribution is 5.47. The number of hydrogen-bond acceptors (Lipinski definition) is 4. The van der Waals surface area contributed by atoms with E-state index >= 15 is 0 Å². The summed E-state index contributed by atoms with van der Waals surface area (Å²) < 4.78 is 19.4. The van der Waals surface area contributed by atoms with Crippen molar-refractivity contribution in [1.82, 2.24) is 0 Å². The lowest BCUT2D eigenvalue weighted by Gasteiger charge is -2.37. The van der Waals surface area contributed by atoms with E-state index in [1.807, 2.05) is 68.4 Å². The molecule has 0 aliphatic carbocycles. The van der Waals surface area contributed by atoms with E-state index in [-0.39, 0.29) is 12.7 Å². The van der Waals surface area contributed by atoms with Gasteiger partial charge < -0.3 is 19.3 Å². The molecule has 1 N–H and O–H groups in total. The molecule has 3 aromatic rings. The Morgan fingerprint density at radius 3 is 1.64 bits per heavy atom. The van der Waals surface area contributed by atoms with Crippen molar-refractivity contribution in [2.75, 3.05) is 6.61 Å². The molecule has 0 saturated carbocycles. The van der Waals surface area contributed by atoms with Crippen LogP contribution in [0.15, 0.2) is 103 Å². The summed E-state index contributed by atoms with van der Waals surface area (Å²) in [5, 5.41) is 11.6. The molecule has 0 spiro atoms. The fourth-order valence-corrected chi connectivity index (χ4v) is 6.32. The van der Waals surface area contributed by atoms with Crippen LogP contribution in [0.3, 0.4) is 0 Å². The highest BCUT2D eigenvalue weighted by Crippen LogP contribution is 2.41. The predicted octanol–water partition coefficient (Wildman–Crippen LogP) is 9.74. The molecule has 1 fully saturated rings. The Kier molecular flexibility index (Phi) is 13.7. The lowest BCUT2D eigenvalue weighted by molar-refractivity contribution is -0.160. The van der Waals surface area contributed by atoms with Crippen LogP contribution in [0, 0.1) is 0 Å². The molecule has 0 bridgehead atoms. The fraction of sp³-hybridized carbons (Fsp3) is 0.500. The van der Waals surface area contributed by atoms with Crippen molar-refractivity contribution in [2.45, 2.75) is 121 Å². The van der Waals surface area contributed by atoms with Gasteiger partial charge in [-0.25, -0.2) is 0 Å². The van der Waals surface area contributed by atoms with E-state index < -0.39 is 23.6 Å². The maximum absolute atomic E-state index is 11.6. The molecule has 0 amide bonds. The summed E-state index contributed by atoms with van der Waals surface area (Å²) in [6.07, 6.45) is 16.8. The smallest absolute Gasteiger partial charge is 0.164 e. The molecule has 3 aromatic carbocycles. The summed E-state index contributed by atoms with van der Waals surface area (Å²) in [7, 11) is 0. The van der Waals surface area contributed by atoms with Gasteiger partial charge in [0.15, 0.2) is 5.79 Å². The summed E-state index contributed by atoms with van der Waals surface area (Å²) >= 11 is 0. The maximum Gasteiger partial charge on any atom is 0.164 e. The molecular weight excluding hydrogens is 544 g/mol. The van der Waals surface area contributed by atoms with Gasteiger partial charge in [-0.3, -0.25) is 0 Å². The van der Waals surface area contributed by atoms with E-state index in [1.54, 1.807) is 0 Å². The minimum Gasteiger partial charge on any atom is -0.388 e. The maximum atomic E-state index is 11.6. The molecule has 1 aliphatic rings. The van der Waals surface area contributed by atoms with E-state index in [0.29, 0.717) is 0 Å². The summed E-state index contributed by atoms with van der Waals surface area (Å²) in [6, 6.07) is 30.7. The van der Waals surface area contributed by atoms with Crippen molar-refractivity contribution in [3.8, 4) is 0 Å². The molecule has 1 heterocycles. The minimum atomic E-state index is -0.902. The van der Waals surface area contributed by atoms with Gasteiger partial charge in [0, 0.05) is 0 Å². The first kappa shape index (κ1) is 34.1. The molecule has 44 heavy (non-hydrogen) atoms. The molecule has 4 rings (SSSR count). The van der Waals surface area contributed by atoms with Gasteiger partial charge in [0.1, 0.15) is 23.9 Å². The van der Waals surface area contributed by atoms with Crippen molar-refractivity contribution in [3.05, 3.63) is 120 Å². The van der Waals surface area contributed by atoms with E-state index in [9.17, 15) is 5.11 Å². The van der Waals surface area contributed by atoms with Crippen LogP contribution in [0.2, 0.25) is 0 Å². The minimum absolute atomic E-state index is 0.0750. The standard InChI is InChI=1S/C40H54O4/c1-4-5-6-7-8-9-10-11-12-13-14-24-31-37-38(44-39(2,3)43-37)36(41)32-42-40(33-25-18-15-19-26-33,34-27-20-16-21-28-34)35-29-22-17-23-30-35/h15-31,36-38,41H,4-14,32H2,1-3H3/t36-,37-,38+/m1/s1. The summed E-state index contributed by atoms with van der Waals surface area (Å²) in [4.78, 5) is 0.